The maximum absolute atomic E-state index is 9.78. The zero-order valence-corrected chi connectivity index (χ0v) is 11.9. The third kappa shape index (κ3) is 4.57. The van der Waals surface area contributed by atoms with Crippen molar-refractivity contribution < 1.29 is 9.84 Å². The van der Waals surface area contributed by atoms with Crippen molar-refractivity contribution in [3.8, 4) is 11.5 Å². The molecule has 18 heavy (non-hydrogen) atoms. The smallest absolute Gasteiger partial charge is 0.120 e. The molecular formula is C15H25NO2. The fourth-order valence-corrected chi connectivity index (χ4v) is 1.97. The minimum absolute atomic E-state index is 0.319. The van der Waals surface area contributed by atoms with E-state index in [0.717, 1.165) is 23.7 Å². The maximum atomic E-state index is 9.78. The Kier molecular flexibility index (Phi) is 5.99. The Labute approximate surface area is 110 Å². The fraction of sp³-hybridized carbons (Fsp3) is 0.600. The Hall–Kier alpha value is -1.22. The van der Waals surface area contributed by atoms with Gasteiger partial charge in [0.15, 0.2) is 0 Å². The van der Waals surface area contributed by atoms with E-state index in [1.165, 1.54) is 6.42 Å². The number of phenols is 1. The molecule has 0 aromatic heterocycles. The van der Waals surface area contributed by atoms with Gasteiger partial charge in [0.1, 0.15) is 11.5 Å². The quantitative estimate of drug-likeness (QED) is 0.781. The van der Waals surface area contributed by atoms with Crippen LogP contribution in [0.15, 0.2) is 18.2 Å². The Morgan fingerprint density at radius 1 is 1.33 bits per heavy atom. The molecule has 0 spiro atoms. The molecule has 102 valence electrons. The van der Waals surface area contributed by atoms with Crippen LogP contribution in [-0.4, -0.2) is 18.3 Å². The van der Waals surface area contributed by atoms with Crippen LogP contribution in [0.25, 0.3) is 0 Å². The van der Waals surface area contributed by atoms with Crippen molar-refractivity contribution in [3.63, 3.8) is 0 Å². The first-order valence-electron chi connectivity index (χ1n) is 6.66. The number of rotatable bonds is 7. The van der Waals surface area contributed by atoms with Crippen LogP contribution in [0.5, 0.6) is 11.5 Å². The van der Waals surface area contributed by atoms with Crippen molar-refractivity contribution in [2.45, 2.75) is 46.2 Å². The number of nitrogens with one attached hydrogen (secondary N) is 1. The van der Waals surface area contributed by atoms with E-state index in [-0.39, 0.29) is 0 Å². The standard InChI is InChI=1S/C15H25NO2/c1-5-11(2)8-12(3)16-10-13-9-14(18-4)6-7-15(13)17/h6-7,9,11-12,16-17H,5,8,10H2,1-4H3. The van der Waals surface area contributed by atoms with Gasteiger partial charge < -0.3 is 15.2 Å². The van der Waals surface area contributed by atoms with E-state index >= 15 is 0 Å². The van der Waals surface area contributed by atoms with Gasteiger partial charge in [-0.15, -0.1) is 0 Å². The highest BCUT2D eigenvalue weighted by Gasteiger charge is 2.08. The zero-order valence-electron chi connectivity index (χ0n) is 11.9. The molecule has 0 aliphatic rings. The molecule has 0 aliphatic carbocycles. The summed E-state index contributed by atoms with van der Waals surface area (Å²) in [6.07, 6.45) is 2.36. The molecule has 0 radical (unpaired) electrons. The highest BCUT2D eigenvalue weighted by atomic mass is 16.5. The second-order valence-corrected chi connectivity index (χ2v) is 5.03. The summed E-state index contributed by atoms with van der Waals surface area (Å²) in [6.45, 7) is 7.33. The van der Waals surface area contributed by atoms with Gasteiger partial charge >= 0.3 is 0 Å². The average Bonchev–Trinajstić information content (AvgIpc) is 2.37. The molecule has 0 heterocycles. The molecule has 2 N–H and O–H groups in total. The lowest BCUT2D eigenvalue weighted by molar-refractivity contribution is 0.399. The van der Waals surface area contributed by atoms with E-state index in [4.69, 9.17) is 4.74 Å². The predicted molar refractivity (Wildman–Crippen MR) is 75.0 cm³/mol. The van der Waals surface area contributed by atoms with Crippen molar-refractivity contribution in [2.24, 2.45) is 5.92 Å². The normalized spacial score (nSPS) is 14.2. The number of aromatic hydroxyl groups is 1. The van der Waals surface area contributed by atoms with Crippen molar-refractivity contribution in [1.82, 2.24) is 5.32 Å². The van der Waals surface area contributed by atoms with E-state index in [0.29, 0.717) is 18.3 Å². The third-order valence-electron chi connectivity index (χ3n) is 3.38. The molecule has 0 bridgehead atoms. The summed E-state index contributed by atoms with van der Waals surface area (Å²) < 4.78 is 5.16. The van der Waals surface area contributed by atoms with Crippen LogP contribution in [0.4, 0.5) is 0 Å². The number of ether oxygens (including phenoxy) is 1. The van der Waals surface area contributed by atoms with E-state index in [9.17, 15) is 5.11 Å². The van der Waals surface area contributed by atoms with Crippen LogP contribution < -0.4 is 10.1 Å². The summed E-state index contributed by atoms with van der Waals surface area (Å²) in [5.41, 5.74) is 0.880. The first kappa shape index (κ1) is 14.8. The molecule has 0 aliphatic heterocycles. The highest BCUT2D eigenvalue weighted by molar-refractivity contribution is 5.39. The molecule has 1 aromatic rings. The number of benzene rings is 1. The summed E-state index contributed by atoms with van der Waals surface area (Å²) in [5, 5.41) is 13.2. The zero-order chi connectivity index (χ0) is 13.5. The molecule has 2 atom stereocenters. The molecule has 2 unspecified atom stereocenters. The average molecular weight is 251 g/mol. The molecule has 0 saturated carbocycles. The second kappa shape index (κ2) is 7.27. The van der Waals surface area contributed by atoms with Gasteiger partial charge in [-0.2, -0.15) is 0 Å². The molecule has 0 fully saturated rings. The van der Waals surface area contributed by atoms with Gasteiger partial charge in [-0.1, -0.05) is 20.3 Å². The summed E-state index contributed by atoms with van der Waals surface area (Å²) in [6, 6.07) is 5.76. The minimum atomic E-state index is 0.319. The Morgan fingerprint density at radius 3 is 2.67 bits per heavy atom. The third-order valence-corrected chi connectivity index (χ3v) is 3.38. The molecular weight excluding hydrogens is 226 g/mol. The van der Waals surface area contributed by atoms with Crippen molar-refractivity contribution in [2.75, 3.05) is 7.11 Å². The molecule has 0 amide bonds. The van der Waals surface area contributed by atoms with Gasteiger partial charge in [-0.25, -0.2) is 0 Å². The van der Waals surface area contributed by atoms with Gasteiger partial charge in [0.2, 0.25) is 0 Å². The minimum Gasteiger partial charge on any atom is -0.508 e. The van der Waals surface area contributed by atoms with Gasteiger partial charge in [-0.05, 0) is 37.5 Å². The van der Waals surface area contributed by atoms with Crippen LogP contribution in [0, 0.1) is 5.92 Å². The summed E-state index contributed by atoms with van der Waals surface area (Å²) in [4.78, 5) is 0. The Balaban J connectivity index is 2.52. The number of methoxy groups -OCH3 is 1. The first-order valence-corrected chi connectivity index (χ1v) is 6.66. The van der Waals surface area contributed by atoms with Crippen molar-refractivity contribution >= 4 is 0 Å². The van der Waals surface area contributed by atoms with Crippen LogP contribution in [0.2, 0.25) is 0 Å². The molecule has 3 heteroatoms. The van der Waals surface area contributed by atoms with Gasteiger partial charge in [0.25, 0.3) is 0 Å². The second-order valence-electron chi connectivity index (χ2n) is 5.03. The predicted octanol–water partition coefficient (Wildman–Crippen LogP) is 3.32. The monoisotopic (exact) mass is 251 g/mol. The van der Waals surface area contributed by atoms with Gasteiger partial charge in [0, 0.05) is 18.2 Å². The Bertz CT molecular complexity index is 366. The number of hydrogen-bond donors (Lipinski definition) is 2. The molecule has 1 aromatic carbocycles. The largest absolute Gasteiger partial charge is 0.508 e. The van der Waals surface area contributed by atoms with Crippen molar-refractivity contribution in [3.05, 3.63) is 23.8 Å². The van der Waals surface area contributed by atoms with E-state index < -0.39 is 0 Å². The van der Waals surface area contributed by atoms with Crippen LogP contribution in [0.1, 0.15) is 39.2 Å². The van der Waals surface area contributed by atoms with E-state index in [1.54, 1.807) is 19.2 Å². The Morgan fingerprint density at radius 2 is 2.06 bits per heavy atom. The molecule has 0 saturated heterocycles. The summed E-state index contributed by atoms with van der Waals surface area (Å²) in [5.74, 6) is 1.82. The number of hydrogen-bond acceptors (Lipinski definition) is 3. The van der Waals surface area contributed by atoms with Crippen LogP contribution in [-0.2, 0) is 6.54 Å². The van der Waals surface area contributed by atoms with E-state index in [1.807, 2.05) is 6.07 Å². The lowest BCUT2D eigenvalue weighted by Gasteiger charge is -2.18. The lowest BCUT2D eigenvalue weighted by Crippen LogP contribution is -2.27. The lowest BCUT2D eigenvalue weighted by atomic mass is 10.0. The molecule has 1 rings (SSSR count). The van der Waals surface area contributed by atoms with Crippen LogP contribution in [0.3, 0.4) is 0 Å². The maximum Gasteiger partial charge on any atom is 0.120 e. The summed E-state index contributed by atoms with van der Waals surface area (Å²) in [7, 11) is 1.63. The summed E-state index contributed by atoms with van der Waals surface area (Å²) >= 11 is 0. The first-order chi connectivity index (χ1) is 8.56. The van der Waals surface area contributed by atoms with Gasteiger partial charge in [-0.3, -0.25) is 0 Å². The topological polar surface area (TPSA) is 41.5 Å². The van der Waals surface area contributed by atoms with Crippen LogP contribution >= 0.6 is 0 Å². The van der Waals surface area contributed by atoms with Crippen molar-refractivity contribution in [1.29, 1.82) is 0 Å². The fourth-order valence-electron chi connectivity index (χ4n) is 1.97. The SMILES string of the molecule is CCC(C)CC(C)NCc1cc(OC)ccc1O. The number of phenolic OH excluding ortho intramolecular Hbond substituents is 1. The molecule has 3 nitrogen and oxygen atoms in total. The highest BCUT2D eigenvalue weighted by Crippen LogP contribution is 2.23. The van der Waals surface area contributed by atoms with Gasteiger partial charge in [0.05, 0.1) is 7.11 Å². The van der Waals surface area contributed by atoms with E-state index in [2.05, 4.69) is 26.1 Å².